The second-order valence-corrected chi connectivity index (χ2v) is 8.33. The van der Waals surface area contributed by atoms with E-state index in [1.54, 1.807) is 0 Å². The lowest BCUT2D eigenvalue weighted by Crippen LogP contribution is -2.12. The molecule has 0 aliphatic carbocycles. The molecule has 166 valence electrons. The summed E-state index contributed by atoms with van der Waals surface area (Å²) in [6.45, 7) is 0. The van der Waals surface area contributed by atoms with Gasteiger partial charge in [-0.3, -0.25) is 0 Å². The number of hydrogen-bond acceptors (Lipinski definition) is 3. The molecule has 0 saturated carbocycles. The lowest BCUT2D eigenvalue weighted by Gasteiger charge is -2.28. The first kappa shape index (κ1) is 21.9. The van der Waals surface area contributed by atoms with Crippen LogP contribution in [0.1, 0.15) is 5.56 Å². The van der Waals surface area contributed by atoms with Crippen LogP contribution in [0.4, 0.5) is 34.1 Å². The van der Waals surface area contributed by atoms with Crippen molar-refractivity contribution >= 4 is 46.8 Å². The minimum absolute atomic E-state index is 0.731. The van der Waals surface area contributed by atoms with E-state index in [9.17, 15) is 0 Å². The maximum atomic E-state index is 4.41. The summed E-state index contributed by atoms with van der Waals surface area (Å²) in [6, 6.07) is 48.8. The minimum Gasteiger partial charge on any atom is -0.311 e. The molecule has 34 heavy (non-hydrogen) atoms. The Morgan fingerprint density at radius 2 is 0.618 bits per heavy atom. The van der Waals surface area contributed by atoms with Gasteiger partial charge in [0.05, 0.1) is 0 Å². The van der Waals surface area contributed by atoms with E-state index >= 15 is 0 Å². The Kier molecular flexibility index (Phi) is 6.64. The Bertz CT molecular complexity index is 1260. The van der Waals surface area contributed by atoms with Crippen molar-refractivity contribution in [2.45, 2.75) is 5.75 Å². The van der Waals surface area contributed by atoms with Crippen molar-refractivity contribution in [3.8, 4) is 0 Å². The number of thiol groups is 1. The van der Waals surface area contributed by atoms with Gasteiger partial charge >= 0.3 is 0 Å². The summed E-state index contributed by atoms with van der Waals surface area (Å²) in [5, 5.41) is 0. The zero-order valence-electron chi connectivity index (χ0n) is 18.8. The predicted octanol–water partition coefficient (Wildman–Crippen LogP) is 9.06. The molecular weight excluding hydrogens is 432 g/mol. The molecule has 2 nitrogen and oxygen atoms in total. The van der Waals surface area contributed by atoms with Crippen molar-refractivity contribution in [3.63, 3.8) is 0 Å². The largest absolute Gasteiger partial charge is 0.311 e. The standard InChI is InChI=1S/C31H26N2S/c34-24-25-16-18-29(19-17-25)33(28-14-8-3-9-15-28)31-22-20-30(21-23-31)32(26-10-4-1-5-11-26)27-12-6-2-7-13-27/h1-23,34H,24H2. The average Bonchev–Trinajstić information content (AvgIpc) is 2.92. The second-order valence-electron chi connectivity index (χ2n) is 8.02. The van der Waals surface area contributed by atoms with E-state index in [1.165, 1.54) is 5.56 Å². The van der Waals surface area contributed by atoms with Crippen LogP contribution in [0.25, 0.3) is 0 Å². The van der Waals surface area contributed by atoms with Crippen molar-refractivity contribution in [3.05, 3.63) is 145 Å². The van der Waals surface area contributed by atoms with Gasteiger partial charge in [-0.1, -0.05) is 66.7 Å². The fourth-order valence-electron chi connectivity index (χ4n) is 4.13. The van der Waals surface area contributed by atoms with Crippen LogP contribution in [-0.2, 0) is 5.75 Å². The number of rotatable bonds is 7. The van der Waals surface area contributed by atoms with E-state index in [2.05, 4.69) is 144 Å². The maximum Gasteiger partial charge on any atom is 0.0463 e. The van der Waals surface area contributed by atoms with Gasteiger partial charge < -0.3 is 9.80 Å². The molecule has 0 amide bonds. The molecule has 0 unspecified atom stereocenters. The molecule has 5 rings (SSSR count). The SMILES string of the molecule is SCc1ccc(N(c2ccccc2)c2ccc(N(c3ccccc3)c3ccccc3)cc2)cc1. The number of benzene rings is 5. The summed E-state index contributed by atoms with van der Waals surface area (Å²) >= 11 is 4.41. The molecule has 0 bridgehead atoms. The fourth-order valence-corrected chi connectivity index (χ4v) is 4.34. The Hall–Kier alpha value is -3.95. The van der Waals surface area contributed by atoms with Gasteiger partial charge in [-0.2, -0.15) is 12.6 Å². The first-order chi connectivity index (χ1) is 16.8. The highest BCUT2D eigenvalue weighted by Gasteiger charge is 2.15. The quantitative estimate of drug-likeness (QED) is 0.243. The van der Waals surface area contributed by atoms with Crippen molar-refractivity contribution in [2.75, 3.05) is 9.80 Å². The van der Waals surface area contributed by atoms with Crippen molar-refractivity contribution in [2.24, 2.45) is 0 Å². The van der Waals surface area contributed by atoms with Crippen molar-refractivity contribution < 1.29 is 0 Å². The van der Waals surface area contributed by atoms with Gasteiger partial charge in [-0.05, 0) is 78.4 Å². The molecule has 0 aliphatic rings. The zero-order chi connectivity index (χ0) is 23.2. The first-order valence-corrected chi connectivity index (χ1v) is 12.0. The van der Waals surface area contributed by atoms with Crippen LogP contribution in [-0.4, -0.2) is 0 Å². The smallest absolute Gasteiger partial charge is 0.0463 e. The monoisotopic (exact) mass is 458 g/mol. The molecule has 0 spiro atoms. The van der Waals surface area contributed by atoms with Crippen molar-refractivity contribution in [1.29, 1.82) is 0 Å². The normalized spacial score (nSPS) is 10.6. The van der Waals surface area contributed by atoms with E-state index in [4.69, 9.17) is 0 Å². The number of para-hydroxylation sites is 3. The second kappa shape index (κ2) is 10.3. The van der Waals surface area contributed by atoms with Crippen LogP contribution in [0.5, 0.6) is 0 Å². The van der Waals surface area contributed by atoms with E-state index in [-0.39, 0.29) is 0 Å². The summed E-state index contributed by atoms with van der Waals surface area (Å²) in [6.07, 6.45) is 0. The summed E-state index contributed by atoms with van der Waals surface area (Å²) in [5.74, 6) is 0.731. The number of nitrogens with zero attached hydrogens (tertiary/aromatic N) is 2. The summed E-state index contributed by atoms with van der Waals surface area (Å²) in [4.78, 5) is 4.56. The highest BCUT2D eigenvalue weighted by Crippen LogP contribution is 2.38. The molecule has 0 fully saturated rings. The van der Waals surface area contributed by atoms with Crippen LogP contribution in [0.15, 0.2) is 140 Å². The third-order valence-corrected chi connectivity index (χ3v) is 6.15. The Morgan fingerprint density at radius 1 is 0.353 bits per heavy atom. The van der Waals surface area contributed by atoms with E-state index < -0.39 is 0 Å². The van der Waals surface area contributed by atoms with Gasteiger partial charge in [0, 0.05) is 39.9 Å². The summed E-state index contributed by atoms with van der Waals surface area (Å²) < 4.78 is 0. The molecule has 0 heterocycles. The highest BCUT2D eigenvalue weighted by molar-refractivity contribution is 7.79. The van der Waals surface area contributed by atoms with E-state index in [0.29, 0.717) is 0 Å². The molecule has 0 radical (unpaired) electrons. The number of anilines is 6. The molecule has 0 aliphatic heterocycles. The maximum absolute atomic E-state index is 4.41. The molecule has 0 saturated heterocycles. The molecule has 5 aromatic rings. The third kappa shape index (κ3) is 4.70. The van der Waals surface area contributed by atoms with Crippen LogP contribution >= 0.6 is 12.6 Å². The van der Waals surface area contributed by atoms with Crippen molar-refractivity contribution in [1.82, 2.24) is 0 Å². The predicted molar refractivity (Wildman–Crippen MR) is 148 cm³/mol. The van der Waals surface area contributed by atoms with Crippen LogP contribution < -0.4 is 9.80 Å². The Balaban J connectivity index is 1.56. The Labute approximate surface area is 207 Å². The summed E-state index contributed by atoms with van der Waals surface area (Å²) in [7, 11) is 0. The van der Waals surface area contributed by atoms with Crippen LogP contribution in [0, 0.1) is 0 Å². The number of hydrogen-bond donors (Lipinski definition) is 1. The van der Waals surface area contributed by atoms with Crippen LogP contribution in [0.2, 0.25) is 0 Å². The molecule has 3 heteroatoms. The van der Waals surface area contributed by atoms with Gasteiger partial charge in [0.15, 0.2) is 0 Å². The van der Waals surface area contributed by atoms with Crippen LogP contribution in [0.3, 0.4) is 0 Å². The van der Waals surface area contributed by atoms with Gasteiger partial charge in [-0.15, -0.1) is 0 Å². The molecular formula is C31H26N2S. The first-order valence-electron chi connectivity index (χ1n) is 11.4. The topological polar surface area (TPSA) is 6.48 Å². The minimum atomic E-state index is 0.731. The fraction of sp³-hybridized carbons (Fsp3) is 0.0323. The van der Waals surface area contributed by atoms with E-state index in [1.807, 2.05) is 18.2 Å². The van der Waals surface area contributed by atoms with Gasteiger partial charge in [0.1, 0.15) is 0 Å². The van der Waals surface area contributed by atoms with Gasteiger partial charge in [0.2, 0.25) is 0 Å². The summed E-state index contributed by atoms with van der Waals surface area (Å²) in [5.41, 5.74) is 7.92. The lowest BCUT2D eigenvalue weighted by atomic mass is 10.1. The molecule has 0 atom stereocenters. The molecule has 0 N–H and O–H groups in total. The van der Waals surface area contributed by atoms with Gasteiger partial charge in [-0.25, -0.2) is 0 Å². The molecule has 0 aromatic heterocycles. The van der Waals surface area contributed by atoms with Gasteiger partial charge in [0.25, 0.3) is 0 Å². The third-order valence-electron chi connectivity index (χ3n) is 5.79. The highest BCUT2D eigenvalue weighted by atomic mass is 32.1. The zero-order valence-corrected chi connectivity index (χ0v) is 19.7. The molecule has 5 aromatic carbocycles. The average molecular weight is 459 g/mol. The Morgan fingerprint density at radius 3 is 0.912 bits per heavy atom. The van der Waals surface area contributed by atoms with E-state index in [0.717, 1.165) is 39.9 Å². The lowest BCUT2D eigenvalue weighted by molar-refractivity contribution is 1.25.